The van der Waals surface area contributed by atoms with Crippen LogP contribution in [-0.4, -0.2) is 21.6 Å². The molecule has 6 heteroatoms. The summed E-state index contributed by atoms with van der Waals surface area (Å²) in [5.74, 6) is 6.62. The first-order valence-electron chi connectivity index (χ1n) is 6.99. The van der Waals surface area contributed by atoms with Crippen molar-refractivity contribution in [2.45, 2.75) is 30.7 Å². The maximum absolute atomic E-state index is 5.71. The van der Waals surface area contributed by atoms with Crippen LogP contribution in [0.15, 0.2) is 39.7 Å². The summed E-state index contributed by atoms with van der Waals surface area (Å²) >= 11 is 5.37. The van der Waals surface area contributed by atoms with E-state index in [0.29, 0.717) is 0 Å². The van der Waals surface area contributed by atoms with Crippen molar-refractivity contribution >= 4 is 27.7 Å². The normalized spacial score (nSPS) is 12.6. The van der Waals surface area contributed by atoms with Crippen molar-refractivity contribution < 1.29 is 0 Å². The molecule has 0 fully saturated rings. The minimum Gasteiger partial charge on any atom is -0.272 e. The maximum atomic E-state index is 5.71. The topological polar surface area (TPSA) is 55.9 Å². The Kier molecular flexibility index (Phi) is 6.29. The molecule has 0 aliphatic rings. The minimum absolute atomic E-state index is 0.210. The van der Waals surface area contributed by atoms with Gasteiger partial charge in [0.15, 0.2) is 0 Å². The van der Waals surface area contributed by atoms with E-state index in [9.17, 15) is 0 Å². The average Bonchev–Trinajstić information content (AvgIpc) is 2.85. The van der Waals surface area contributed by atoms with Crippen molar-refractivity contribution in [2.75, 3.05) is 5.75 Å². The molecule has 0 radical (unpaired) electrons. The van der Waals surface area contributed by atoms with Crippen LogP contribution in [0.5, 0.6) is 0 Å². The molecule has 4 nitrogen and oxygen atoms in total. The summed E-state index contributed by atoms with van der Waals surface area (Å²) in [4.78, 5) is 1.23. The number of hydrazine groups is 1. The molecule has 0 aliphatic carbocycles. The highest BCUT2D eigenvalue weighted by Crippen LogP contribution is 2.27. The molecule has 1 aromatic heterocycles. The second-order valence-corrected chi connectivity index (χ2v) is 6.83. The average molecular weight is 369 g/mol. The Morgan fingerprint density at radius 1 is 1.43 bits per heavy atom. The van der Waals surface area contributed by atoms with E-state index in [4.69, 9.17) is 5.84 Å². The highest BCUT2D eigenvalue weighted by molar-refractivity contribution is 9.10. The van der Waals surface area contributed by atoms with Gasteiger partial charge in [0.2, 0.25) is 0 Å². The van der Waals surface area contributed by atoms with Crippen LogP contribution in [0.1, 0.15) is 18.3 Å². The zero-order valence-corrected chi connectivity index (χ0v) is 14.7. The van der Waals surface area contributed by atoms with E-state index < -0.39 is 0 Å². The molecule has 1 heterocycles. The molecule has 3 N–H and O–H groups in total. The number of aryl methyl sites for hydroxylation is 2. The molecule has 114 valence electrons. The predicted molar refractivity (Wildman–Crippen MR) is 92.3 cm³/mol. The smallest absolute Gasteiger partial charge is 0.0624 e. The number of thioether (sulfide) groups is 1. The van der Waals surface area contributed by atoms with Gasteiger partial charge < -0.3 is 0 Å². The van der Waals surface area contributed by atoms with E-state index in [1.165, 1.54) is 10.6 Å². The van der Waals surface area contributed by atoms with E-state index in [-0.39, 0.29) is 6.04 Å². The summed E-state index contributed by atoms with van der Waals surface area (Å²) in [6.45, 7) is 2.12. The lowest BCUT2D eigenvalue weighted by Gasteiger charge is -2.16. The van der Waals surface area contributed by atoms with Crippen LogP contribution in [0.3, 0.4) is 0 Å². The number of hydrogen-bond donors (Lipinski definition) is 2. The summed E-state index contributed by atoms with van der Waals surface area (Å²) in [6.07, 6.45) is 1.83. The molecule has 0 saturated carbocycles. The highest BCUT2D eigenvalue weighted by atomic mass is 79.9. The first kappa shape index (κ1) is 16.5. The Morgan fingerprint density at radius 3 is 2.81 bits per heavy atom. The highest BCUT2D eigenvalue weighted by Gasteiger charge is 2.13. The Morgan fingerprint density at radius 2 is 2.19 bits per heavy atom. The van der Waals surface area contributed by atoms with Crippen LogP contribution in [0.25, 0.3) is 0 Å². The number of halogens is 1. The lowest BCUT2D eigenvalue weighted by molar-refractivity contribution is 0.550. The van der Waals surface area contributed by atoms with Gasteiger partial charge in [-0.25, -0.2) is 0 Å². The molecule has 1 unspecified atom stereocenters. The number of nitrogens with two attached hydrogens (primary N) is 1. The molecule has 1 aromatic carbocycles. The molecule has 2 aromatic rings. The number of aromatic nitrogens is 2. The number of nitrogens with one attached hydrogen (secondary N) is 1. The van der Waals surface area contributed by atoms with Crippen molar-refractivity contribution in [1.29, 1.82) is 0 Å². The minimum atomic E-state index is 0.210. The second-order valence-electron chi connectivity index (χ2n) is 4.91. The molecule has 1 atom stereocenters. The summed E-state index contributed by atoms with van der Waals surface area (Å²) in [7, 11) is 1.99. The van der Waals surface area contributed by atoms with Crippen LogP contribution < -0.4 is 11.3 Å². The third-order valence-electron chi connectivity index (χ3n) is 3.36. The molecular weight excluding hydrogens is 348 g/mol. The van der Waals surface area contributed by atoms with E-state index in [0.717, 1.165) is 28.8 Å². The number of rotatable bonds is 7. The Bertz CT molecular complexity index is 585. The SMILES string of the molecule is CCc1cc(CC(CSc2ccccc2Br)NN)n(C)n1. The summed E-state index contributed by atoms with van der Waals surface area (Å²) in [5.41, 5.74) is 5.25. The molecule has 2 rings (SSSR count). The van der Waals surface area contributed by atoms with E-state index >= 15 is 0 Å². The van der Waals surface area contributed by atoms with E-state index in [1.54, 1.807) is 11.8 Å². The van der Waals surface area contributed by atoms with Gasteiger partial charge in [-0.2, -0.15) is 5.10 Å². The lowest BCUT2D eigenvalue weighted by Crippen LogP contribution is -2.39. The number of benzene rings is 1. The summed E-state index contributed by atoms with van der Waals surface area (Å²) in [5, 5.41) is 4.48. The quantitative estimate of drug-likeness (QED) is 0.448. The monoisotopic (exact) mass is 368 g/mol. The van der Waals surface area contributed by atoms with Gasteiger partial charge in [-0.05, 0) is 40.5 Å². The molecule has 0 bridgehead atoms. The fourth-order valence-electron chi connectivity index (χ4n) is 2.11. The first-order chi connectivity index (χ1) is 10.1. The largest absolute Gasteiger partial charge is 0.272 e. The van der Waals surface area contributed by atoms with Crippen molar-refractivity contribution in [3.05, 3.63) is 46.2 Å². The van der Waals surface area contributed by atoms with Crippen LogP contribution in [0.4, 0.5) is 0 Å². The zero-order valence-electron chi connectivity index (χ0n) is 12.3. The Labute approximate surface area is 138 Å². The second kappa shape index (κ2) is 7.98. The molecule has 0 amide bonds. The van der Waals surface area contributed by atoms with Crippen molar-refractivity contribution in [3.63, 3.8) is 0 Å². The van der Waals surface area contributed by atoms with Gasteiger partial charge in [0.05, 0.1) is 5.69 Å². The fourth-order valence-corrected chi connectivity index (χ4v) is 3.71. The lowest BCUT2D eigenvalue weighted by atomic mass is 10.2. The van der Waals surface area contributed by atoms with Crippen molar-refractivity contribution in [1.82, 2.24) is 15.2 Å². The van der Waals surface area contributed by atoms with E-state index in [1.807, 2.05) is 23.9 Å². The van der Waals surface area contributed by atoms with Gasteiger partial charge in [-0.3, -0.25) is 16.0 Å². The van der Waals surface area contributed by atoms with Crippen molar-refractivity contribution in [3.8, 4) is 0 Å². The van der Waals surface area contributed by atoms with Crippen molar-refractivity contribution in [2.24, 2.45) is 12.9 Å². The predicted octanol–water partition coefficient (Wildman–Crippen LogP) is 2.91. The van der Waals surface area contributed by atoms with Gasteiger partial charge in [0.1, 0.15) is 0 Å². The zero-order chi connectivity index (χ0) is 15.2. The van der Waals surface area contributed by atoms with Gasteiger partial charge in [-0.15, -0.1) is 11.8 Å². The maximum Gasteiger partial charge on any atom is 0.0624 e. The fraction of sp³-hybridized carbons (Fsp3) is 0.400. The molecular formula is C15H21BrN4S. The van der Waals surface area contributed by atoms with Crippen LogP contribution >= 0.6 is 27.7 Å². The Hall–Kier alpha value is -0.820. The number of hydrogen-bond acceptors (Lipinski definition) is 4. The molecule has 0 aliphatic heterocycles. The van der Waals surface area contributed by atoms with Gasteiger partial charge in [0, 0.05) is 40.3 Å². The van der Waals surface area contributed by atoms with Gasteiger partial charge in [0.25, 0.3) is 0 Å². The van der Waals surface area contributed by atoms with Crippen LogP contribution in [0.2, 0.25) is 0 Å². The molecule has 0 spiro atoms. The third-order valence-corrected chi connectivity index (χ3v) is 5.55. The summed E-state index contributed by atoms with van der Waals surface area (Å²) < 4.78 is 3.08. The third kappa shape index (κ3) is 4.57. The summed E-state index contributed by atoms with van der Waals surface area (Å²) in [6, 6.07) is 10.6. The number of nitrogens with zero attached hydrogens (tertiary/aromatic N) is 2. The first-order valence-corrected chi connectivity index (χ1v) is 8.77. The molecule has 21 heavy (non-hydrogen) atoms. The van der Waals surface area contributed by atoms with Gasteiger partial charge >= 0.3 is 0 Å². The van der Waals surface area contributed by atoms with Crippen LogP contribution in [0, 0.1) is 0 Å². The molecule has 0 saturated heterocycles. The Balaban J connectivity index is 1.97. The van der Waals surface area contributed by atoms with Gasteiger partial charge in [-0.1, -0.05) is 19.1 Å². The van der Waals surface area contributed by atoms with Crippen LogP contribution in [-0.2, 0) is 19.9 Å². The standard InChI is InChI=1S/C15H21BrN4S/c1-3-11-8-13(20(2)19-11)9-12(18-17)10-21-15-7-5-4-6-14(15)16/h4-8,12,18H,3,9-10,17H2,1-2H3. The van der Waals surface area contributed by atoms with E-state index in [2.05, 4.69) is 51.6 Å².